The lowest BCUT2D eigenvalue weighted by atomic mass is 10.1. The van der Waals surface area contributed by atoms with Crippen LogP contribution in [0.1, 0.15) is 27.7 Å². The molecule has 2 atom stereocenters. The van der Waals surface area contributed by atoms with E-state index in [1.165, 1.54) is 18.5 Å². The fraction of sp³-hybridized carbons (Fsp3) is 0.280. The molecule has 2 aromatic heterocycles. The van der Waals surface area contributed by atoms with Crippen LogP contribution in [0.2, 0.25) is 0 Å². The number of imidazole rings is 1. The minimum absolute atomic E-state index is 0.142. The third-order valence-electron chi connectivity index (χ3n) is 6.08. The summed E-state index contributed by atoms with van der Waals surface area (Å²) in [5.74, 6) is -0.705. The summed E-state index contributed by atoms with van der Waals surface area (Å²) in [6, 6.07) is 13.0. The van der Waals surface area contributed by atoms with Gasteiger partial charge in [-0.3, -0.25) is 9.47 Å². The van der Waals surface area contributed by atoms with Gasteiger partial charge in [-0.25, -0.2) is 24.1 Å². The average molecular weight is 493 g/mol. The Morgan fingerprint density at radius 2 is 1.81 bits per heavy atom. The number of nitrogens with zero attached hydrogens (tertiary/aromatic N) is 5. The molecule has 0 aliphatic carbocycles. The van der Waals surface area contributed by atoms with E-state index >= 15 is 0 Å². The number of aliphatic hydroxyl groups is 1. The number of rotatable bonds is 8. The second kappa shape index (κ2) is 10.4. The van der Waals surface area contributed by atoms with Crippen LogP contribution in [-0.4, -0.2) is 66.4 Å². The summed E-state index contributed by atoms with van der Waals surface area (Å²) in [5.41, 5.74) is 3.25. The van der Waals surface area contributed by atoms with E-state index in [1.807, 2.05) is 4.57 Å². The number of benzene rings is 2. The summed E-state index contributed by atoms with van der Waals surface area (Å²) in [4.78, 5) is 26.5. The van der Waals surface area contributed by atoms with Crippen LogP contribution in [0.25, 0.3) is 11.2 Å². The number of aromatic nitrogens is 4. The minimum Gasteiger partial charge on any atom is -0.478 e. The number of nitrogens with one attached hydrogen (secondary N) is 1. The fourth-order valence-electron chi connectivity index (χ4n) is 4.27. The zero-order chi connectivity index (χ0) is 25.1. The zero-order valence-electron chi connectivity index (χ0n) is 19.3. The van der Waals surface area contributed by atoms with E-state index in [-0.39, 0.29) is 18.0 Å². The molecule has 1 saturated heterocycles. The number of ether oxygens (including phenoxy) is 1. The number of hydrogen-bond acceptors (Lipinski definition) is 8. The van der Waals surface area contributed by atoms with Crippen molar-refractivity contribution < 1.29 is 24.1 Å². The van der Waals surface area contributed by atoms with Gasteiger partial charge >= 0.3 is 5.97 Å². The minimum atomic E-state index is -0.964. The second-order valence-electron chi connectivity index (χ2n) is 8.62. The number of carbonyl (C=O) groups is 1. The van der Waals surface area contributed by atoms with E-state index in [4.69, 9.17) is 9.84 Å². The fourth-order valence-corrected chi connectivity index (χ4v) is 4.27. The Morgan fingerprint density at radius 3 is 2.53 bits per heavy atom. The quantitative estimate of drug-likeness (QED) is 0.340. The molecule has 10 nitrogen and oxygen atoms in total. The van der Waals surface area contributed by atoms with E-state index in [2.05, 4.69) is 25.2 Å². The lowest BCUT2D eigenvalue weighted by Crippen LogP contribution is -2.46. The predicted molar refractivity (Wildman–Crippen MR) is 129 cm³/mol. The molecule has 4 aromatic rings. The highest BCUT2D eigenvalue weighted by Gasteiger charge is 2.30. The Bertz CT molecular complexity index is 1350. The third kappa shape index (κ3) is 5.18. The third-order valence-corrected chi connectivity index (χ3v) is 6.08. The number of aliphatic hydroxyl groups excluding tert-OH is 1. The summed E-state index contributed by atoms with van der Waals surface area (Å²) in [7, 11) is 0. The highest BCUT2D eigenvalue weighted by molar-refractivity contribution is 5.87. The van der Waals surface area contributed by atoms with E-state index in [9.17, 15) is 14.3 Å². The van der Waals surface area contributed by atoms with Gasteiger partial charge in [-0.1, -0.05) is 24.3 Å². The number of halogens is 1. The van der Waals surface area contributed by atoms with Crippen molar-refractivity contribution in [2.24, 2.45) is 0 Å². The topological polar surface area (TPSA) is 126 Å². The average Bonchev–Trinajstić information content (AvgIpc) is 3.33. The number of carboxylic acids is 1. The maximum Gasteiger partial charge on any atom is 0.335 e. The Morgan fingerprint density at radius 1 is 1.06 bits per heavy atom. The summed E-state index contributed by atoms with van der Waals surface area (Å²) in [6.45, 7) is 1.92. The monoisotopic (exact) mass is 492 g/mol. The number of hydrogen-bond donors (Lipinski definition) is 3. The predicted octanol–water partition coefficient (Wildman–Crippen LogP) is 2.67. The summed E-state index contributed by atoms with van der Waals surface area (Å²) in [5, 5.41) is 22.2. The molecular formula is C25H25FN6O4. The van der Waals surface area contributed by atoms with Gasteiger partial charge in [0.05, 0.1) is 24.6 Å². The number of anilines is 1. The van der Waals surface area contributed by atoms with Crippen LogP contribution in [0.3, 0.4) is 0 Å². The van der Waals surface area contributed by atoms with Gasteiger partial charge in [-0.15, -0.1) is 0 Å². The lowest BCUT2D eigenvalue weighted by Gasteiger charge is -2.37. The molecule has 5 rings (SSSR count). The van der Waals surface area contributed by atoms with Crippen molar-refractivity contribution in [3.05, 3.63) is 83.7 Å². The Kier molecular flexibility index (Phi) is 6.85. The molecule has 0 spiro atoms. The number of carboxylic acid groups (broad SMARTS) is 1. The molecule has 0 bridgehead atoms. The lowest BCUT2D eigenvalue weighted by molar-refractivity contribution is -0.135. The van der Waals surface area contributed by atoms with Gasteiger partial charge in [0.15, 0.2) is 17.0 Å². The van der Waals surface area contributed by atoms with Gasteiger partial charge in [-0.05, 0) is 35.4 Å². The van der Waals surface area contributed by atoms with Crippen LogP contribution in [0.4, 0.5) is 10.2 Å². The van der Waals surface area contributed by atoms with Crippen molar-refractivity contribution in [1.82, 2.24) is 24.4 Å². The molecule has 1 aliphatic rings. The van der Waals surface area contributed by atoms with E-state index in [0.717, 1.165) is 11.1 Å². The molecule has 186 valence electrons. The second-order valence-corrected chi connectivity index (χ2v) is 8.62. The van der Waals surface area contributed by atoms with Crippen LogP contribution < -0.4 is 5.32 Å². The van der Waals surface area contributed by atoms with Crippen molar-refractivity contribution >= 4 is 23.0 Å². The molecular weight excluding hydrogens is 467 g/mol. The molecule has 1 aliphatic heterocycles. The highest BCUT2D eigenvalue weighted by Crippen LogP contribution is 2.27. The molecule has 2 aromatic carbocycles. The van der Waals surface area contributed by atoms with Crippen molar-refractivity contribution in [2.75, 3.05) is 25.0 Å². The SMILES string of the molecule is O=C(O)c1ccc(CN2C[C@@H](CO)O[C@@H](n3cnc4c(NCc5ccc(F)cc5)ncnc43)C2)cc1. The molecule has 0 saturated carbocycles. The Hall–Kier alpha value is -3.93. The smallest absolute Gasteiger partial charge is 0.335 e. The summed E-state index contributed by atoms with van der Waals surface area (Å²) < 4.78 is 21.1. The number of aromatic carboxylic acids is 1. The molecule has 3 N–H and O–H groups in total. The first kappa shape index (κ1) is 23.8. The largest absolute Gasteiger partial charge is 0.478 e. The van der Waals surface area contributed by atoms with E-state index in [1.54, 1.807) is 42.7 Å². The maximum absolute atomic E-state index is 13.2. The highest BCUT2D eigenvalue weighted by atomic mass is 19.1. The first-order valence-corrected chi connectivity index (χ1v) is 11.5. The van der Waals surface area contributed by atoms with Crippen LogP contribution in [0, 0.1) is 5.82 Å². The number of morpholine rings is 1. The van der Waals surface area contributed by atoms with E-state index < -0.39 is 18.3 Å². The van der Waals surface area contributed by atoms with E-state index in [0.29, 0.717) is 43.2 Å². The van der Waals surface area contributed by atoms with Crippen LogP contribution in [0.15, 0.2) is 61.2 Å². The molecule has 3 heterocycles. The van der Waals surface area contributed by atoms with Crippen LogP contribution >= 0.6 is 0 Å². The molecule has 11 heteroatoms. The molecule has 0 radical (unpaired) electrons. The Balaban J connectivity index is 1.33. The van der Waals surface area contributed by atoms with Gasteiger partial charge in [0.2, 0.25) is 0 Å². The Labute approximate surface area is 206 Å². The standard InChI is InChI=1S/C25H25FN6O4/c26-19-7-3-16(4-8-19)9-27-23-22-24(29-14-28-23)32(15-30-22)21-12-31(11-20(13-33)36-21)10-17-1-5-18(6-2-17)25(34)35/h1-8,14-15,20-21,33H,9-13H2,(H,34,35)(H,27,28,29)/t20-,21+/m0/s1. The normalized spacial score (nSPS) is 18.4. The maximum atomic E-state index is 13.2. The molecule has 0 unspecified atom stereocenters. The zero-order valence-corrected chi connectivity index (χ0v) is 19.3. The molecule has 36 heavy (non-hydrogen) atoms. The van der Waals surface area contributed by atoms with Crippen LogP contribution in [-0.2, 0) is 17.8 Å². The van der Waals surface area contributed by atoms with Crippen LogP contribution in [0.5, 0.6) is 0 Å². The van der Waals surface area contributed by atoms with Gasteiger partial charge < -0.3 is 20.3 Å². The first-order chi connectivity index (χ1) is 17.5. The van der Waals surface area contributed by atoms with Gasteiger partial charge in [0, 0.05) is 26.2 Å². The summed E-state index contributed by atoms with van der Waals surface area (Å²) in [6.07, 6.45) is 2.24. The van der Waals surface area contributed by atoms with Crippen molar-refractivity contribution in [3.8, 4) is 0 Å². The first-order valence-electron chi connectivity index (χ1n) is 11.5. The van der Waals surface area contributed by atoms with Crippen molar-refractivity contribution in [3.63, 3.8) is 0 Å². The van der Waals surface area contributed by atoms with Crippen molar-refractivity contribution in [1.29, 1.82) is 0 Å². The molecule has 1 fully saturated rings. The van der Waals surface area contributed by atoms with Gasteiger partial charge in [0.1, 0.15) is 18.4 Å². The van der Waals surface area contributed by atoms with Gasteiger partial charge in [0.25, 0.3) is 0 Å². The molecule has 0 amide bonds. The van der Waals surface area contributed by atoms with Gasteiger partial charge in [-0.2, -0.15) is 0 Å². The van der Waals surface area contributed by atoms with Crippen molar-refractivity contribution in [2.45, 2.75) is 25.4 Å². The number of fused-ring (bicyclic) bond motifs is 1. The summed E-state index contributed by atoms with van der Waals surface area (Å²) >= 11 is 0.